The summed E-state index contributed by atoms with van der Waals surface area (Å²) in [5.74, 6) is -1.78. The Balaban J connectivity index is 2.36. The van der Waals surface area contributed by atoms with Crippen LogP contribution in [0.1, 0.15) is 5.56 Å². The summed E-state index contributed by atoms with van der Waals surface area (Å²) in [5.41, 5.74) is 5.40. The molecule has 1 aromatic heterocycles. The zero-order chi connectivity index (χ0) is 14.0. The number of sulfonamides is 1. The van der Waals surface area contributed by atoms with Crippen LogP contribution in [-0.4, -0.2) is 18.6 Å². The Kier molecular flexibility index (Phi) is 3.49. The van der Waals surface area contributed by atoms with E-state index >= 15 is 0 Å². The summed E-state index contributed by atoms with van der Waals surface area (Å²) in [6, 6.07) is 2.36. The largest absolute Gasteiger partial charge is 0.326 e. The fourth-order valence-electron chi connectivity index (χ4n) is 1.50. The lowest BCUT2D eigenvalue weighted by Gasteiger charge is -2.07. The molecule has 4 N–H and O–H groups in total. The molecule has 9 heteroatoms. The van der Waals surface area contributed by atoms with Crippen LogP contribution < -0.4 is 10.5 Å². The van der Waals surface area contributed by atoms with Gasteiger partial charge in [-0.15, -0.1) is 0 Å². The third-order valence-electron chi connectivity index (χ3n) is 2.28. The van der Waals surface area contributed by atoms with Gasteiger partial charge in [0.05, 0.1) is 11.9 Å². The number of hydrogen-bond acceptors (Lipinski definition) is 4. The zero-order valence-electron chi connectivity index (χ0n) is 9.52. The highest BCUT2D eigenvalue weighted by Gasteiger charge is 2.20. The average molecular weight is 288 g/mol. The second-order valence-electron chi connectivity index (χ2n) is 3.69. The first-order valence-corrected chi connectivity index (χ1v) is 6.62. The number of nitrogens with zero attached hydrogens (tertiary/aromatic N) is 1. The molecule has 0 fully saturated rings. The topological polar surface area (TPSA) is 101 Å². The molecule has 102 valence electrons. The molecule has 0 aliphatic heterocycles. The highest BCUT2D eigenvalue weighted by atomic mass is 32.2. The first-order valence-electron chi connectivity index (χ1n) is 5.13. The van der Waals surface area contributed by atoms with Crippen molar-refractivity contribution in [1.82, 2.24) is 10.2 Å². The number of anilines is 1. The number of rotatable bonds is 4. The van der Waals surface area contributed by atoms with E-state index in [2.05, 4.69) is 10.2 Å². The molecule has 1 heterocycles. The molecule has 0 radical (unpaired) electrons. The van der Waals surface area contributed by atoms with Crippen molar-refractivity contribution in [2.24, 2.45) is 5.73 Å². The van der Waals surface area contributed by atoms with Crippen LogP contribution in [-0.2, 0) is 16.6 Å². The molecule has 0 atom stereocenters. The molecule has 0 amide bonds. The quantitative estimate of drug-likeness (QED) is 0.779. The lowest BCUT2D eigenvalue weighted by Crippen LogP contribution is -2.16. The van der Waals surface area contributed by atoms with E-state index in [0.717, 1.165) is 12.1 Å². The molecule has 0 unspecified atom stereocenters. The maximum absolute atomic E-state index is 13.0. The molecule has 0 aliphatic rings. The van der Waals surface area contributed by atoms with Crippen molar-refractivity contribution < 1.29 is 17.2 Å². The number of benzene rings is 1. The fraction of sp³-hybridized carbons (Fsp3) is 0.100. The first kappa shape index (κ1) is 13.4. The van der Waals surface area contributed by atoms with E-state index < -0.39 is 21.7 Å². The summed E-state index contributed by atoms with van der Waals surface area (Å²) in [6.07, 6.45) is 1.26. The maximum Gasteiger partial charge on any atom is 0.279 e. The van der Waals surface area contributed by atoms with Gasteiger partial charge in [0.2, 0.25) is 0 Å². The van der Waals surface area contributed by atoms with Crippen LogP contribution in [0.15, 0.2) is 29.4 Å². The van der Waals surface area contributed by atoms with Gasteiger partial charge in [0.25, 0.3) is 10.0 Å². The van der Waals surface area contributed by atoms with Crippen molar-refractivity contribution >= 4 is 15.7 Å². The summed E-state index contributed by atoms with van der Waals surface area (Å²) in [7, 11) is -4.03. The third-order valence-corrected chi connectivity index (χ3v) is 3.68. The minimum absolute atomic E-state index is 0.0374. The van der Waals surface area contributed by atoms with Gasteiger partial charge >= 0.3 is 0 Å². The fourth-order valence-corrected chi connectivity index (χ4v) is 2.68. The van der Waals surface area contributed by atoms with Crippen LogP contribution in [0.3, 0.4) is 0 Å². The maximum atomic E-state index is 13.0. The van der Waals surface area contributed by atoms with Crippen LogP contribution >= 0.6 is 0 Å². The van der Waals surface area contributed by atoms with E-state index in [4.69, 9.17) is 5.73 Å². The lowest BCUT2D eigenvalue weighted by atomic mass is 10.3. The minimum atomic E-state index is -4.03. The number of aromatic nitrogens is 2. The highest BCUT2D eigenvalue weighted by Crippen LogP contribution is 2.19. The van der Waals surface area contributed by atoms with Crippen LogP contribution in [0.5, 0.6) is 0 Å². The molecule has 0 saturated heterocycles. The second-order valence-corrected chi connectivity index (χ2v) is 5.31. The Morgan fingerprint density at radius 1 is 1.26 bits per heavy atom. The Hall–Kier alpha value is -2.00. The molecule has 19 heavy (non-hydrogen) atoms. The lowest BCUT2D eigenvalue weighted by molar-refractivity contribution is 0.584. The number of aromatic amines is 1. The van der Waals surface area contributed by atoms with Crippen LogP contribution in [0.25, 0.3) is 0 Å². The van der Waals surface area contributed by atoms with Crippen molar-refractivity contribution in [3.05, 3.63) is 41.6 Å². The normalized spacial score (nSPS) is 11.5. The molecule has 0 bridgehead atoms. The minimum Gasteiger partial charge on any atom is -0.326 e. The summed E-state index contributed by atoms with van der Waals surface area (Å²) >= 11 is 0. The van der Waals surface area contributed by atoms with Crippen LogP contribution in [0, 0.1) is 11.6 Å². The number of nitrogens with two attached hydrogens (primary N) is 1. The summed E-state index contributed by atoms with van der Waals surface area (Å²) in [4.78, 5) is 0. The Morgan fingerprint density at radius 2 is 1.89 bits per heavy atom. The molecule has 0 spiro atoms. The van der Waals surface area contributed by atoms with Gasteiger partial charge in [-0.2, -0.15) is 13.5 Å². The second kappa shape index (κ2) is 4.94. The molecule has 6 nitrogen and oxygen atoms in total. The summed E-state index contributed by atoms with van der Waals surface area (Å²) in [6.45, 7) is -0.0374. The summed E-state index contributed by atoms with van der Waals surface area (Å²) < 4.78 is 52.0. The molecule has 2 aromatic rings. The SMILES string of the molecule is NCc1cn[nH]c1S(=O)(=O)Nc1cc(F)cc(F)c1. The molecular formula is C10H10F2N4O2S. The van der Waals surface area contributed by atoms with E-state index in [0.29, 0.717) is 6.07 Å². The first-order chi connectivity index (χ1) is 8.92. The molecular weight excluding hydrogens is 278 g/mol. The number of nitrogens with one attached hydrogen (secondary N) is 2. The molecule has 0 aliphatic carbocycles. The Bertz CT molecular complexity index is 679. The van der Waals surface area contributed by atoms with Crippen LogP contribution in [0.4, 0.5) is 14.5 Å². The van der Waals surface area contributed by atoms with Gasteiger partial charge in [-0.1, -0.05) is 0 Å². The predicted octanol–water partition coefficient (Wildman–Crippen LogP) is 0.947. The van der Waals surface area contributed by atoms with Gasteiger partial charge < -0.3 is 5.73 Å². The average Bonchev–Trinajstić information content (AvgIpc) is 2.75. The van der Waals surface area contributed by atoms with E-state index in [1.807, 2.05) is 4.72 Å². The molecule has 2 rings (SSSR count). The zero-order valence-corrected chi connectivity index (χ0v) is 10.3. The van der Waals surface area contributed by atoms with Crippen molar-refractivity contribution in [1.29, 1.82) is 0 Å². The van der Waals surface area contributed by atoms with Gasteiger partial charge in [-0.05, 0) is 12.1 Å². The smallest absolute Gasteiger partial charge is 0.279 e. The van der Waals surface area contributed by atoms with Crippen molar-refractivity contribution in [3.63, 3.8) is 0 Å². The van der Waals surface area contributed by atoms with Gasteiger partial charge in [0, 0.05) is 18.2 Å². The van der Waals surface area contributed by atoms with E-state index in [1.54, 1.807) is 0 Å². The van der Waals surface area contributed by atoms with E-state index in [-0.39, 0.29) is 22.8 Å². The van der Waals surface area contributed by atoms with Crippen molar-refractivity contribution in [2.75, 3.05) is 4.72 Å². The number of H-pyrrole nitrogens is 1. The molecule has 1 aromatic carbocycles. The highest BCUT2D eigenvalue weighted by molar-refractivity contribution is 7.92. The van der Waals surface area contributed by atoms with E-state index in [1.165, 1.54) is 6.20 Å². The Labute approximate surface area is 107 Å². The number of halogens is 2. The number of hydrogen-bond donors (Lipinski definition) is 3. The van der Waals surface area contributed by atoms with Gasteiger partial charge in [0.15, 0.2) is 5.03 Å². The van der Waals surface area contributed by atoms with Crippen molar-refractivity contribution in [2.45, 2.75) is 11.6 Å². The van der Waals surface area contributed by atoms with Gasteiger partial charge in [-0.25, -0.2) is 8.78 Å². The molecule has 0 saturated carbocycles. The van der Waals surface area contributed by atoms with Gasteiger partial charge in [-0.3, -0.25) is 9.82 Å². The van der Waals surface area contributed by atoms with Crippen molar-refractivity contribution in [3.8, 4) is 0 Å². The Morgan fingerprint density at radius 3 is 2.47 bits per heavy atom. The predicted molar refractivity (Wildman–Crippen MR) is 63.6 cm³/mol. The third kappa shape index (κ3) is 2.88. The van der Waals surface area contributed by atoms with Crippen LogP contribution in [0.2, 0.25) is 0 Å². The standard InChI is InChI=1S/C10H10F2N4O2S/c11-7-1-8(12)3-9(2-7)16-19(17,18)10-6(4-13)5-14-15-10/h1-3,5,16H,4,13H2,(H,14,15). The van der Waals surface area contributed by atoms with Gasteiger partial charge in [0.1, 0.15) is 11.6 Å². The van der Waals surface area contributed by atoms with E-state index in [9.17, 15) is 17.2 Å². The monoisotopic (exact) mass is 288 g/mol. The summed E-state index contributed by atoms with van der Waals surface area (Å²) in [5, 5.41) is 5.61.